The number of hydrogen-bond donors (Lipinski definition) is 1. The smallest absolute Gasteiger partial charge is 0.175 e. The van der Waals surface area contributed by atoms with Gasteiger partial charge in [0, 0.05) is 19.2 Å². The van der Waals surface area contributed by atoms with E-state index in [1.807, 2.05) is 12.1 Å². The maximum absolute atomic E-state index is 11.1. The first kappa shape index (κ1) is 10.4. The number of aromatic amines is 1. The molecule has 1 aliphatic rings. The molecule has 3 heteroatoms. The molecule has 0 aromatic carbocycles. The van der Waals surface area contributed by atoms with Crippen LogP contribution in [0.5, 0.6) is 0 Å². The molecule has 2 rings (SSSR count). The van der Waals surface area contributed by atoms with Crippen LogP contribution in [-0.4, -0.2) is 28.8 Å². The molecule has 0 aliphatic carbocycles. The van der Waals surface area contributed by atoms with Crippen molar-refractivity contribution in [1.29, 1.82) is 0 Å². The zero-order valence-corrected chi connectivity index (χ0v) is 9.25. The molecule has 0 spiro atoms. The minimum atomic E-state index is 0.111. The van der Waals surface area contributed by atoms with Gasteiger partial charge in [-0.15, -0.1) is 0 Å². The predicted octanol–water partition coefficient (Wildman–Crippen LogP) is 2.20. The lowest BCUT2D eigenvalue weighted by molar-refractivity contribution is 0.101. The number of rotatable bonds is 3. The fraction of sp³-hybridized carbons (Fsp3) is 0.583. The van der Waals surface area contributed by atoms with Crippen molar-refractivity contribution in [3.63, 3.8) is 0 Å². The Morgan fingerprint density at radius 1 is 1.33 bits per heavy atom. The molecule has 1 aromatic heterocycles. The van der Waals surface area contributed by atoms with Gasteiger partial charge in [-0.3, -0.25) is 9.69 Å². The first-order valence-corrected chi connectivity index (χ1v) is 5.67. The predicted molar refractivity (Wildman–Crippen MR) is 59.9 cm³/mol. The highest BCUT2D eigenvalue weighted by atomic mass is 16.1. The monoisotopic (exact) mass is 206 g/mol. The van der Waals surface area contributed by atoms with Crippen LogP contribution in [0.15, 0.2) is 12.1 Å². The van der Waals surface area contributed by atoms with Crippen LogP contribution in [-0.2, 0) is 6.54 Å². The molecular weight excluding hydrogens is 188 g/mol. The van der Waals surface area contributed by atoms with E-state index < -0.39 is 0 Å². The summed E-state index contributed by atoms with van der Waals surface area (Å²) >= 11 is 0. The van der Waals surface area contributed by atoms with Crippen LogP contribution < -0.4 is 0 Å². The molecule has 0 radical (unpaired) electrons. The van der Waals surface area contributed by atoms with Gasteiger partial charge in [-0.25, -0.2) is 0 Å². The van der Waals surface area contributed by atoms with E-state index in [0.717, 1.165) is 17.9 Å². The number of carbonyl (C=O) groups excluding carboxylic acids is 1. The molecule has 0 atom stereocenters. The average Bonchev–Trinajstić information content (AvgIpc) is 2.68. The van der Waals surface area contributed by atoms with E-state index in [1.165, 1.54) is 32.4 Å². The standard InChI is InChI=1S/C12H18N2O/c1-10(15)12-6-5-11(13-12)9-14-7-3-2-4-8-14/h5-6,13H,2-4,7-9H2,1H3. The van der Waals surface area contributed by atoms with Crippen LogP contribution >= 0.6 is 0 Å². The molecule has 1 aromatic rings. The van der Waals surface area contributed by atoms with Gasteiger partial charge in [0.05, 0.1) is 5.69 Å². The van der Waals surface area contributed by atoms with Crippen LogP contribution in [0.2, 0.25) is 0 Å². The second-order valence-electron chi connectivity index (χ2n) is 4.29. The molecule has 1 saturated heterocycles. The zero-order chi connectivity index (χ0) is 10.7. The summed E-state index contributed by atoms with van der Waals surface area (Å²) in [5.41, 5.74) is 1.88. The van der Waals surface area contributed by atoms with Crippen molar-refractivity contribution in [1.82, 2.24) is 9.88 Å². The van der Waals surface area contributed by atoms with E-state index in [2.05, 4.69) is 9.88 Å². The topological polar surface area (TPSA) is 36.1 Å². The molecule has 1 fully saturated rings. The maximum Gasteiger partial charge on any atom is 0.175 e. The van der Waals surface area contributed by atoms with E-state index >= 15 is 0 Å². The number of hydrogen-bond acceptors (Lipinski definition) is 2. The Bertz CT molecular complexity index is 337. The van der Waals surface area contributed by atoms with Crippen LogP contribution in [0.3, 0.4) is 0 Å². The van der Waals surface area contributed by atoms with Crippen molar-refractivity contribution < 1.29 is 4.79 Å². The Morgan fingerprint density at radius 3 is 2.67 bits per heavy atom. The normalized spacial score (nSPS) is 17.9. The van der Waals surface area contributed by atoms with Gasteiger partial charge >= 0.3 is 0 Å². The summed E-state index contributed by atoms with van der Waals surface area (Å²) < 4.78 is 0. The second kappa shape index (κ2) is 4.62. The van der Waals surface area contributed by atoms with Gasteiger partial charge < -0.3 is 4.98 Å². The number of likely N-dealkylation sites (tertiary alicyclic amines) is 1. The minimum absolute atomic E-state index is 0.111. The highest BCUT2D eigenvalue weighted by Crippen LogP contribution is 2.12. The molecule has 2 heterocycles. The fourth-order valence-electron chi connectivity index (χ4n) is 2.10. The number of piperidine rings is 1. The number of nitrogens with one attached hydrogen (secondary N) is 1. The molecule has 15 heavy (non-hydrogen) atoms. The number of nitrogens with zero attached hydrogens (tertiary/aromatic N) is 1. The van der Waals surface area contributed by atoms with Gasteiger partial charge in [0.15, 0.2) is 5.78 Å². The van der Waals surface area contributed by atoms with Crippen LogP contribution in [0.4, 0.5) is 0 Å². The summed E-state index contributed by atoms with van der Waals surface area (Å²) in [6, 6.07) is 3.90. The third-order valence-corrected chi connectivity index (χ3v) is 2.97. The van der Waals surface area contributed by atoms with Crippen molar-refractivity contribution in [2.75, 3.05) is 13.1 Å². The Morgan fingerprint density at radius 2 is 2.07 bits per heavy atom. The Kier molecular flexibility index (Phi) is 3.21. The Hall–Kier alpha value is -1.09. The van der Waals surface area contributed by atoms with E-state index in [4.69, 9.17) is 0 Å². The number of aromatic nitrogens is 1. The van der Waals surface area contributed by atoms with E-state index in [-0.39, 0.29) is 5.78 Å². The number of Topliss-reactive ketones (excluding diaryl/α,β-unsaturated/α-hetero) is 1. The van der Waals surface area contributed by atoms with Gasteiger partial charge in [0.25, 0.3) is 0 Å². The van der Waals surface area contributed by atoms with Gasteiger partial charge in [0.1, 0.15) is 0 Å². The first-order valence-electron chi connectivity index (χ1n) is 5.67. The lowest BCUT2D eigenvalue weighted by Crippen LogP contribution is -2.29. The Balaban J connectivity index is 1.94. The molecule has 0 unspecified atom stereocenters. The third-order valence-electron chi connectivity index (χ3n) is 2.97. The Labute approximate surface area is 90.5 Å². The first-order chi connectivity index (χ1) is 7.25. The third kappa shape index (κ3) is 2.69. The number of H-pyrrole nitrogens is 1. The van der Waals surface area contributed by atoms with Crippen LogP contribution in [0.25, 0.3) is 0 Å². The van der Waals surface area contributed by atoms with Gasteiger partial charge in [0.2, 0.25) is 0 Å². The van der Waals surface area contributed by atoms with Crippen molar-refractivity contribution in [2.45, 2.75) is 32.7 Å². The van der Waals surface area contributed by atoms with Gasteiger partial charge in [-0.05, 0) is 38.1 Å². The molecule has 0 saturated carbocycles. The maximum atomic E-state index is 11.1. The number of carbonyl (C=O) groups is 1. The molecular formula is C12H18N2O. The zero-order valence-electron chi connectivity index (χ0n) is 9.25. The van der Waals surface area contributed by atoms with E-state index in [1.54, 1.807) is 6.92 Å². The summed E-state index contributed by atoms with van der Waals surface area (Å²) in [6.45, 7) is 4.92. The summed E-state index contributed by atoms with van der Waals surface area (Å²) in [6.07, 6.45) is 3.97. The molecule has 0 amide bonds. The van der Waals surface area contributed by atoms with Crippen molar-refractivity contribution in [3.8, 4) is 0 Å². The van der Waals surface area contributed by atoms with Gasteiger partial charge in [-0.1, -0.05) is 6.42 Å². The van der Waals surface area contributed by atoms with Crippen molar-refractivity contribution in [2.24, 2.45) is 0 Å². The lowest BCUT2D eigenvalue weighted by atomic mass is 10.1. The lowest BCUT2D eigenvalue weighted by Gasteiger charge is -2.25. The van der Waals surface area contributed by atoms with Crippen LogP contribution in [0.1, 0.15) is 42.4 Å². The minimum Gasteiger partial charge on any atom is -0.355 e. The largest absolute Gasteiger partial charge is 0.355 e. The quantitative estimate of drug-likeness (QED) is 0.770. The second-order valence-corrected chi connectivity index (χ2v) is 4.29. The molecule has 1 N–H and O–H groups in total. The van der Waals surface area contributed by atoms with E-state index in [0.29, 0.717) is 0 Å². The highest BCUT2D eigenvalue weighted by Gasteiger charge is 2.11. The van der Waals surface area contributed by atoms with Crippen molar-refractivity contribution in [3.05, 3.63) is 23.5 Å². The summed E-state index contributed by atoms with van der Waals surface area (Å²) in [5, 5.41) is 0. The highest BCUT2D eigenvalue weighted by molar-refractivity contribution is 5.92. The van der Waals surface area contributed by atoms with Gasteiger partial charge in [-0.2, -0.15) is 0 Å². The number of ketones is 1. The SMILES string of the molecule is CC(=O)c1ccc(CN2CCCCC2)[nH]1. The molecule has 0 bridgehead atoms. The fourth-order valence-corrected chi connectivity index (χ4v) is 2.10. The summed E-state index contributed by atoms with van der Waals surface area (Å²) in [5.74, 6) is 0.111. The summed E-state index contributed by atoms with van der Waals surface area (Å²) in [7, 11) is 0. The molecule has 3 nitrogen and oxygen atoms in total. The average molecular weight is 206 g/mol. The van der Waals surface area contributed by atoms with Crippen LogP contribution in [0, 0.1) is 0 Å². The molecule has 1 aliphatic heterocycles. The van der Waals surface area contributed by atoms with E-state index in [9.17, 15) is 4.79 Å². The molecule has 82 valence electrons. The summed E-state index contributed by atoms with van der Waals surface area (Å²) in [4.78, 5) is 16.7. The van der Waals surface area contributed by atoms with Crippen molar-refractivity contribution >= 4 is 5.78 Å².